The summed E-state index contributed by atoms with van der Waals surface area (Å²) in [6, 6.07) is 14.4. The minimum atomic E-state index is -0.217. The third kappa shape index (κ3) is 4.01. The van der Waals surface area contributed by atoms with Crippen molar-refractivity contribution in [2.75, 3.05) is 6.54 Å². The summed E-state index contributed by atoms with van der Waals surface area (Å²) in [6.07, 6.45) is 8.08. The second kappa shape index (κ2) is 8.15. The molecular formula is C24H31N3O2. The van der Waals surface area contributed by atoms with Crippen molar-refractivity contribution >= 4 is 5.91 Å². The molecule has 0 aliphatic carbocycles. The first-order valence-corrected chi connectivity index (χ1v) is 10.8. The number of nitrogens with zero attached hydrogens (tertiary/aromatic N) is 2. The molecule has 2 aliphatic rings. The predicted molar refractivity (Wildman–Crippen MR) is 115 cm³/mol. The largest absolute Gasteiger partial charge is 0.332 e. The number of likely N-dealkylation sites (tertiary alicyclic amines) is 1. The Bertz CT molecular complexity index is 923. The van der Waals surface area contributed by atoms with Crippen molar-refractivity contribution in [3.8, 4) is 0 Å². The first kappa shape index (κ1) is 19.9. The molecule has 5 nitrogen and oxygen atoms in total. The normalized spacial score (nSPS) is 27.2. The van der Waals surface area contributed by atoms with Gasteiger partial charge in [0.15, 0.2) is 0 Å². The number of rotatable bonds is 3. The molecule has 4 rings (SSSR count). The van der Waals surface area contributed by atoms with Gasteiger partial charge in [-0.15, -0.1) is 0 Å². The molecule has 0 unspecified atom stereocenters. The Morgan fingerprint density at radius 1 is 1.14 bits per heavy atom. The number of aromatic nitrogens is 1. The van der Waals surface area contributed by atoms with Gasteiger partial charge in [0.2, 0.25) is 5.56 Å². The first-order chi connectivity index (χ1) is 14.0. The Balaban J connectivity index is 1.61. The highest BCUT2D eigenvalue weighted by Gasteiger charge is 2.49. The molecule has 5 heteroatoms. The van der Waals surface area contributed by atoms with E-state index in [1.807, 2.05) is 0 Å². The zero-order valence-corrected chi connectivity index (χ0v) is 17.4. The number of nitrogens with one attached hydrogen (secondary N) is 1. The Kier molecular flexibility index (Phi) is 5.59. The van der Waals surface area contributed by atoms with Crippen molar-refractivity contribution in [3.05, 3.63) is 70.1 Å². The van der Waals surface area contributed by atoms with Gasteiger partial charge >= 0.3 is 0 Å². The molecule has 2 fully saturated rings. The SMILES string of the molecule is Cn1cc(C(=O)N2CCCCC[C@@H]3N[C@H](Cc4ccccc4)C[C@@]32C)ccc1=O. The number of amides is 1. The van der Waals surface area contributed by atoms with Crippen LogP contribution in [0, 0.1) is 0 Å². The van der Waals surface area contributed by atoms with Crippen LogP contribution in [0.15, 0.2) is 53.5 Å². The van der Waals surface area contributed by atoms with Crippen LogP contribution in [0.3, 0.4) is 0 Å². The second-order valence-corrected chi connectivity index (χ2v) is 8.84. The van der Waals surface area contributed by atoms with E-state index in [2.05, 4.69) is 47.5 Å². The number of hydrogen-bond acceptors (Lipinski definition) is 3. The Labute approximate surface area is 172 Å². The second-order valence-electron chi connectivity index (χ2n) is 8.84. The Morgan fingerprint density at radius 3 is 2.69 bits per heavy atom. The van der Waals surface area contributed by atoms with Gasteiger partial charge in [0.1, 0.15) is 0 Å². The molecule has 1 aromatic carbocycles. The van der Waals surface area contributed by atoms with E-state index in [4.69, 9.17) is 0 Å². The van der Waals surface area contributed by atoms with E-state index in [9.17, 15) is 9.59 Å². The van der Waals surface area contributed by atoms with Crippen LogP contribution in [0.1, 0.15) is 54.9 Å². The maximum atomic E-state index is 13.5. The molecule has 3 atom stereocenters. The highest BCUT2D eigenvalue weighted by molar-refractivity contribution is 5.94. The fourth-order valence-electron chi connectivity index (χ4n) is 5.15. The molecule has 1 N–H and O–H groups in total. The third-order valence-corrected chi connectivity index (χ3v) is 6.74. The average Bonchev–Trinajstić information content (AvgIpc) is 3.00. The van der Waals surface area contributed by atoms with Gasteiger partial charge in [-0.3, -0.25) is 9.59 Å². The van der Waals surface area contributed by atoms with Crippen LogP contribution in [0.4, 0.5) is 0 Å². The smallest absolute Gasteiger partial charge is 0.255 e. The lowest BCUT2D eigenvalue weighted by atomic mass is 9.83. The molecule has 0 radical (unpaired) electrons. The molecule has 0 spiro atoms. The molecule has 1 aromatic heterocycles. The summed E-state index contributed by atoms with van der Waals surface area (Å²) in [5, 5.41) is 3.86. The van der Waals surface area contributed by atoms with Crippen molar-refractivity contribution in [3.63, 3.8) is 0 Å². The van der Waals surface area contributed by atoms with Gasteiger partial charge in [-0.1, -0.05) is 43.2 Å². The molecule has 2 aromatic rings. The van der Waals surface area contributed by atoms with Gasteiger partial charge in [-0.2, -0.15) is 0 Å². The van der Waals surface area contributed by atoms with Crippen molar-refractivity contribution in [2.45, 2.75) is 63.1 Å². The molecule has 3 heterocycles. The number of pyridine rings is 1. The van der Waals surface area contributed by atoms with Gasteiger partial charge in [-0.05, 0) is 44.2 Å². The van der Waals surface area contributed by atoms with Crippen LogP contribution < -0.4 is 10.9 Å². The summed E-state index contributed by atoms with van der Waals surface area (Å²) in [4.78, 5) is 27.4. The molecular weight excluding hydrogens is 362 g/mol. The zero-order chi connectivity index (χ0) is 20.4. The summed E-state index contributed by atoms with van der Waals surface area (Å²) < 4.78 is 1.49. The number of carbonyl (C=O) groups is 1. The topological polar surface area (TPSA) is 54.3 Å². The van der Waals surface area contributed by atoms with Gasteiger partial charge in [0.25, 0.3) is 5.91 Å². The van der Waals surface area contributed by atoms with E-state index < -0.39 is 0 Å². The molecule has 2 saturated heterocycles. The third-order valence-electron chi connectivity index (χ3n) is 6.74. The van der Waals surface area contributed by atoms with Gasteiger partial charge in [0, 0.05) is 37.9 Å². The summed E-state index contributed by atoms with van der Waals surface area (Å²) in [6.45, 7) is 3.02. The van der Waals surface area contributed by atoms with Crippen molar-refractivity contribution in [1.82, 2.24) is 14.8 Å². The van der Waals surface area contributed by atoms with Gasteiger partial charge in [0.05, 0.1) is 11.1 Å². The monoisotopic (exact) mass is 393 g/mol. The summed E-state index contributed by atoms with van der Waals surface area (Å²) >= 11 is 0. The van der Waals surface area contributed by atoms with Crippen LogP contribution in [0.25, 0.3) is 0 Å². The fraction of sp³-hybridized carbons (Fsp3) is 0.500. The van der Waals surface area contributed by atoms with E-state index in [1.165, 1.54) is 22.6 Å². The molecule has 2 aliphatic heterocycles. The molecule has 0 saturated carbocycles. The number of benzene rings is 1. The van der Waals surface area contributed by atoms with E-state index in [-0.39, 0.29) is 17.0 Å². The number of carbonyl (C=O) groups excluding carboxylic acids is 1. The lowest BCUT2D eigenvalue weighted by molar-refractivity contribution is 0.0425. The van der Waals surface area contributed by atoms with Crippen LogP contribution in [0.2, 0.25) is 0 Å². The van der Waals surface area contributed by atoms with E-state index in [0.29, 0.717) is 17.6 Å². The molecule has 1 amide bonds. The van der Waals surface area contributed by atoms with Crippen LogP contribution in [-0.2, 0) is 13.5 Å². The number of fused-ring (bicyclic) bond motifs is 1. The summed E-state index contributed by atoms with van der Waals surface area (Å²) in [5.74, 6) is 0.0390. The average molecular weight is 394 g/mol. The predicted octanol–water partition coefficient (Wildman–Crippen LogP) is 3.13. The zero-order valence-electron chi connectivity index (χ0n) is 17.4. The molecule has 154 valence electrons. The Morgan fingerprint density at radius 2 is 1.93 bits per heavy atom. The molecule has 0 bridgehead atoms. The van der Waals surface area contributed by atoms with Gasteiger partial charge < -0.3 is 14.8 Å². The lowest BCUT2D eigenvalue weighted by Crippen LogP contribution is -2.57. The standard InChI is InChI=1S/C24H31N3O2/c1-24-16-20(15-18-9-5-3-6-10-18)25-21(24)11-7-4-8-14-27(24)23(29)19-12-13-22(28)26(2)17-19/h3,5-6,9-10,12-13,17,20-21,25H,4,7-8,11,14-16H2,1-2H3/t20-,21+,24+/m1/s1. The highest BCUT2D eigenvalue weighted by Crippen LogP contribution is 2.37. The minimum Gasteiger partial charge on any atom is -0.332 e. The van der Waals surface area contributed by atoms with Crippen molar-refractivity contribution in [1.29, 1.82) is 0 Å². The van der Waals surface area contributed by atoms with Crippen molar-refractivity contribution < 1.29 is 4.79 Å². The number of aryl methyl sites for hydroxylation is 1. The quantitative estimate of drug-likeness (QED) is 0.872. The van der Waals surface area contributed by atoms with Crippen LogP contribution in [0.5, 0.6) is 0 Å². The van der Waals surface area contributed by atoms with E-state index >= 15 is 0 Å². The Hall–Kier alpha value is -2.40. The van der Waals surface area contributed by atoms with Gasteiger partial charge in [-0.25, -0.2) is 0 Å². The highest BCUT2D eigenvalue weighted by atomic mass is 16.2. The minimum absolute atomic E-state index is 0.0390. The van der Waals surface area contributed by atoms with Crippen LogP contribution in [-0.4, -0.2) is 39.5 Å². The summed E-state index contributed by atoms with van der Waals surface area (Å²) in [7, 11) is 1.70. The maximum Gasteiger partial charge on any atom is 0.255 e. The van der Waals surface area contributed by atoms with Crippen molar-refractivity contribution in [2.24, 2.45) is 7.05 Å². The molecule has 29 heavy (non-hydrogen) atoms. The lowest BCUT2D eigenvalue weighted by Gasteiger charge is -2.44. The van der Waals surface area contributed by atoms with E-state index in [1.54, 1.807) is 19.3 Å². The fourth-order valence-corrected chi connectivity index (χ4v) is 5.15. The summed E-state index contributed by atoms with van der Waals surface area (Å²) in [5.41, 5.74) is 1.62. The van der Waals surface area contributed by atoms with Crippen LogP contribution >= 0.6 is 0 Å². The maximum absolute atomic E-state index is 13.5. The first-order valence-electron chi connectivity index (χ1n) is 10.8. The van der Waals surface area contributed by atoms with E-state index in [0.717, 1.165) is 38.6 Å². The number of hydrogen-bond donors (Lipinski definition) is 1.